The number of benzene rings is 1. The van der Waals surface area contributed by atoms with Gasteiger partial charge in [-0.3, -0.25) is 0 Å². The van der Waals surface area contributed by atoms with E-state index in [9.17, 15) is 26.3 Å². The molecule has 1 aromatic rings. The van der Waals surface area contributed by atoms with Crippen molar-refractivity contribution in [1.82, 2.24) is 0 Å². The molecule has 0 bridgehead atoms. The molecule has 0 spiro atoms. The molecule has 19 heavy (non-hydrogen) atoms. The van der Waals surface area contributed by atoms with E-state index in [1.54, 1.807) is 0 Å². The molecule has 108 valence electrons. The predicted molar refractivity (Wildman–Crippen MR) is 56.6 cm³/mol. The maximum atomic E-state index is 12.6. The summed E-state index contributed by atoms with van der Waals surface area (Å²) < 4.78 is 75.6. The molecule has 0 amide bonds. The average molecular weight is 286 g/mol. The van der Waals surface area contributed by atoms with Crippen molar-refractivity contribution in [3.8, 4) is 0 Å². The molecule has 0 unspecified atom stereocenters. The minimum absolute atomic E-state index is 0.0664. The molecule has 1 aromatic carbocycles. The SMILES string of the molecule is CC(C)(CO)c1cc(C(F)(F)F)cc(C(F)(F)F)c1. The first-order valence-corrected chi connectivity index (χ1v) is 5.29. The minimum Gasteiger partial charge on any atom is -0.395 e. The molecule has 0 saturated heterocycles. The Morgan fingerprint density at radius 2 is 1.11 bits per heavy atom. The fraction of sp³-hybridized carbons (Fsp3) is 0.500. The van der Waals surface area contributed by atoms with Gasteiger partial charge in [-0.1, -0.05) is 13.8 Å². The number of hydrogen-bond donors (Lipinski definition) is 1. The molecule has 1 nitrogen and oxygen atoms in total. The molecule has 0 heterocycles. The van der Waals surface area contributed by atoms with Gasteiger partial charge in [-0.15, -0.1) is 0 Å². The molecule has 1 rings (SSSR count). The molecule has 0 aliphatic heterocycles. The van der Waals surface area contributed by atoms with E-state index in [0.717, 1.165) is 0 Å². The molecule has 0 saturated carbocycles. The Labute approximate surface area is 105 Å². The molecule has 7 heteroatoms. The van der Waals surface area contributed by atoms with E-state index in [1.165, 1.54) is 13.8 Å². The second-order valence-electron chi connectivity index (χ2n) is 4.84. The van der Waals surface area contributed by atoms with E-state index in [2.05, 4.69) is 0 Å². The first kappa shape index (κ1) is 15.8. The zero-order chi connectivity index (χ0) is 15.1. The Morgan fingerprint density at radius 1 is 0.789 bits per heavy atom. The smallest absolute Gasteiger partial charge is 0.395 e. The Balaban J connectivity index is 3.51. The number of aliphatic hydroxyl groups is 1. The molecule has 0 radical (unpaired) electrons. The zero-order valence-electron chi connectivity index (χ0n) is 10.2. The average Bonchev–Trinajstić information content (AvgIpc) is 2.26. The normalized spacial score (nSPS) is 13.7. The third-order valence-corrected chi connectivity index (χ3v) is 2.76. The second-order valence-corrected chi connectivity index (χ2v) is 4.84. The van der Waals surface area contributed by atoms with Gasteiger partial charge in [-0.2, -0.15) is 26.3 Å². The van der Waals surface area contributed by atoms with Crippen molar-refractivity contribution >= 4 is 0 Å². The largest absolute Gasteiger partial charge is 0.416 e. The summed E-state index contributed by atoms with van der Waals surface area (Å²) in [4.78, 5) is 0. The van der Waals surface area contributed by atoms with E-state index in [4.69, 9.17) is 5.11 Å². The lowest BCUT2D eigenvalue weighted by Gasteiger charge is -2.25. The highest BCUT2D eigenvalue weighted by Gasteiger charge is 2.38. The van der Waals surface area contributed by atoms with Crippen LogP contribution in [-0.2, 0) is 17.8 Å². The van der Waals surface area contributed by atoms with Crippen LogP contribution in [0.3, 0.4) is 0 Å². The fourth-order valence-corrected chi connectivity index (χ4v) is 1.44. The topological polar surface area (TPSA) is 20.2 Å². The van der Waals surface area contributed by atoms with Crippen LogP contribution in [-0.4, -0.2) is 11.7 Å². The molecule has 0 aliphatic rings. The number of alkyl halides is 6. The van der Waals surface area contributed by atoms with E-state index in [0.29, 0.717) is 12.1 Å². The highest BCUT2D eigenvalue weighted by Crippen LogP contribution is 2.38. The van der Waals surface area contributed by atoms with Crippen molar-refractivity contribution < 1.29 is 31.4 Å². The maximum absolute atomic E-state index is 12.6. The maximum Gasteiger partial charge on any atom is 0.416 e. The van der Waals surface area contributed by atoms with E-state index in [1.807, 2.05) is 0 Å². The number of rotatable bonds is 2. The number of halogens is 6. The molecule has 0 atom stereocenters. The van der Waals surface area contributed by atoms with Gasteiger partial charge >= 0.3 is 12.4 Å². The van der Waals surface area contributed by atoms with Crippen molar-refractivity contribution in [2.75, 3.05) is 6.61 Å². The van der Waals surface area contributed by atoms with Crippen molar-refractivity contribution in [3.63, 3.8) is 0 Å². The van der Waals surface area contributed by atoms with Crippen molar-refractivity contribution in [2.45, 2.75) is 31.6 Å². The van der Waals surface area contributed by atoms with Crippen LogP contribution in [0.2, 0.25) is 0 Å². The van der Waals surface area contributed by atoms with Gasteiger partial charge in [0, 0.05) is 5.41 Å². The first-order valence-electron chi connectivity index (χ1n) is 5.29. The lowest BCUT2D eigenvalue weighted by molar-refractivity contribution is -0.143. The molecule has 0 aliphatic carbocycles. The highest BCUT2D eigenvalue weighted by molar-refractivity contribution is 5.37. The fourth-order valence-electron chi connectivity index (χ4n) is 1.44. The Bertz CT molecular complexity index is 426. The minimum atomic E-state index is -4.87. The third kappa shape index (κ3) is 3.62. The van der Waals surface area contributed by atoms with Gasteiger partial charge in [-0.05, 0) is 23.8 Å². The van der Waals surface area contributed by atoms with Crippen molar-refractivity contribution in [3.05, 3.63) is 34.9 Å². The van der Waals surface area contributed by atoms with Crippen LogP contribution in [0.4, 0.5) is 26.3 Å². The van der Waals surface area contributed by atoms with Crippen LogP contribution in [0.5, 0.6) is 0 Å². The molecular formula is C12H12F6O. The quantitative estimate of drug-likeness (QED) is 0.815. The van der Waals surface area contributed by atoms with Crippen LogP contribution < -0.4 is 0 Å². The summed E-state index contributed by atoms with van der Waals surface area (Å²) in [6.07, 6.45) is -9.75. The van der Waals surface area contributed by atoms with Crippen LogP contribution in [0.1, 0.15) is 30.5 Å². The van der Waals surface area contributed by atoms with Gasteiger partial charge < -0.3 is 5.11 Å². The highest BCUT2D eigenvalue weighted by atomic mass is 19.4. The van der Waals surface area contributed by atoms with Gasteiger partial charge in [-0.25, -0.2) is 0 Å². The first-order chi connectivity index (χ1) is 8.38. The van der Waals surface area contributed by atoms with Crippen LogP contribution >= 0.6 is 0 Å². The van der Waals surface area contributed by atoms with Gasteiger partial charge in [0.05, 0.1) is 17.7 Å². The number of hydrogen-bond acceptors (Lipinski definition) is 1. The summed E-state index contributed by atoms with van der Waals surface area (Å²) in [6.45, 7) is 2.16. The lowest BCUT2D eigenvalue weighted by Crippen LogP contribution is -2.24. The zero-order valence-corrected chi connectivity index (χ0v) is 10.2. The molecule has 0 fully saturated rings. The van der Waals surface area contributed by atoms with Crippen molar-refractivity contribution in [2.24, 2.45) is 0 Å². The van der Waals surface area contributed by atoms with Crippen LogP contribution in [0.15, 0.2) is 18.2 Å². The molecule has 0 aromatic heterocycles. The monoisotopic (exact) mass is 286 g/mol. The third-order valence-electron chi connectivity index (χ3n) is 2.76. The van der Waals surface area contributed by atoms with Gasteiger partial charge in [0.2, 0.25) is 0 Å². The van der Waals surface area contributed by atoms with E-state index in [-0.39, 0.29) is 11.6 Å². The summed E-state index contributed by atoms with van der Waals surface area (Å²) in [5.41, 5.74) is -4.16. The summed E-state index contributed by atoms with van der Waals surface area (Å²) in [6, 6.07) is 1.33. The lowest BCUT2D eigenvalue weighted by atomic mass is 9.83. The van der Waals surface area contributed by atoms with E-state index >= 15 is 0 Å². The predicted octanol–water partition coefficient (Wildman–Crippen LogP) is 3.99. The summed E-state index contributed by atoms with van der Waals surface area (Å²) in [5, 5.41) is 9.07. The summed E-state index contributed by atoms with van der Waals surface area (Å²) >= 11 is 0. The standard InChI is InChI=1S/C12H12F6O/c1-10(2,6-19)7-3-8(11(13,14)15)5-9(4-7)12(16,17)18/h3-5,19H,6H2,1-2H3. The van der Waals surface area contributed by atoms with Gasteiger partial charge in [0.25, 0.3) is 0 Å². The Morgan fingerprint density at radius 3 is 1.37 bits per heavy atom. The van der Waals surface area contributed by atoms with Crippen LogP contribution in [0.25, 0.3) is 0 Å². The second kappa shape index (κ2) is 4.70. The van der Waals surface area contributed by atoms with Gasteiger partial charge in [0.15, 0.2) is 0 Å². The number of aliphatic hydroxyl groups excluding tert-OH is 1. The Kier molecular flexibility index (Phi) is 3.91. The Hall–Kier alpha value is -1.24. The van der Waals surface area contributed by atoms with Crippen molar-refractivity contribution in [1.29, 1.82) is 0 Å². The summed E-state index contributed by atoms with van der Waals surface area (Å²) in [7, 11) is 0. The van der Waals surface area contributed by atoms with Crippen LogP contribution in [0, 0.1) is 0 Å². The summed E-state index contributed by atoms with van der Waals surface area (Å²) in [5.74, 6) is 0. The van der Waals surface area contributed by atoms with E-state index < -0.39 is 35.5 Å². The molecule has 1 N–H and O–H groups in total. The molecular weight excluding hydrogens is 274 g/mol. The van der Waals surface area contributed by atoms with Gasteiger partial charge in [0.1, 0.15) is 0 Å².